The third-order valence-electron chi connectivity index (χ3n) is 5.51. The van der Waals surface area contributed by atoms with Crippen LogP contribution in [0.15, 0.2) is 55.2 Å². The molecule has 3 rings (SSSR count). The molecule has 0 saturated carbocycles. The van der Waals surface area contributed by atoms with E-state index in [0.29, 0.717) is 13.1 Å². The van der Waals surface area contributed by atoms with Crippen LogP contribution in [0.4, 0.5) is 5.82 Å². The van der Waals surface area contributed by atoms with Crippen LogP contribution in [-0.2, 0) is 11.3 Å². The van der Waals surface area contributed by atoms with Crippen LogP contribution in [0.2, 0.25) is 0 Å². The molecule has 0 fully saturated rings. The molecule has 0 N–H and O–H groups in total. The minimum absolute atomic E-state index is 0.0366. The van der Waals surface area contributed by atoms with Crippen molar-refractivity contribution in [3.8, 4) is 0 Å². The number of rotatable bonds is 7. The first-order chi connectivity index (χ1) is 14.2. The number of aromatic nitrogens is 2. The Kier molecular flexibility index (Phi) is 6.20. The first kappa shape index (κ1) is 21.5. The highest BCUT2D eigenvalue weighted by Gasteiger charge is 2.31. The maximum absolute atomic E-state index is 12.6. The van der Waals surface area contributed by atoms with Gasteiger partial charge in [-0.05, 0) is 49.6 Å². The van der Waals surface area contributed by atoms with Crippen LogP contribution < -0.4 is 4.90 Å². The molecule has 0 radical (unpaired) electrons. The molecule has 0 unspecified atom stereocenters. The first-order valence-corrected chi connectivity index (χ1v) is 10.1. The van der Waals surface area contributed by atoms with Crippen molar-refractivity contribution in [3.05, 3.63) is 71.9 Å². The first-order valence-electron chi connectivity index (χ1n) is 10.1. The van der Waals surface area contributed by atoms with Gasteiger partial charge in [-0.15, -0.1) is 0 Å². The molecule has 0 bridgehead atoms. The van der Waals surface area contributed by atoms with Gasteiger partial charge in [0.2, 0.25) is 5.91 Å². The van der Waals surface area contributed by atoms with Crippen molar-refractivity contribution in [1.82, 2.24) is 14.9 Å². The summed E-state index contributed by atoms with van der Waals surface area (Å²) in [6.45, 7) is 13.0. The number of para-hydroxylation sites is 2. The van der Waals surface area contributed by atoms with E-state index in [4.69, 9.17) is 4.98 Å². The average molecular weight is 403 g/mol. The average Bonchev–Trinajstić information content (AvgIpc) is 2.71. The lowest BCUT2D eigenvalue weighted by atomic mass is 9.97. The molecule has 1 aromatic heterocycles. The van der Waals surface area contributed by atoms with Crippen LogP contribution in [0.25, 0.3) is 17.1 Å². The molecule has 0 saturated heterocycles. The monoisotopic (exact) mass is 402 g/mol. The number of nitrogens with zero attached hydrogens (tertiary/aromatic N) is 4. The fraction of sp³-hybridized carbons (Fsp3) is 0.320. The van der Waals surface area contributed by atoms with E-state index in [1.54, 1.807) is 13.1 Å². The lowest BCUT2D eigenvalue weighted by Gasteiger charge is -2.41. The van der Waals surface area contributed by atoms with Crippen molar-refractivity contribution in [2.24, 2.45) is 0 Å². The number of aryl methyl sites for hydroxylation is 1. The number of carbonyl (C=O) groups excluding carboxylic acids is 1. The molecule has 2 aromatic carbocycles. The highest BCUT2D eigenvalue weighted by molar-refractivity contribution is 5.76. The Morgan fingerprint density at radius 3 is 2.50 bits per heavy atom. The zero-order valence-corrected chi connectivity index (χ0v) is 18.5. The minimum atomic E-state index is -0.421. The summed E-state index contributed by atoms with van der Waals surface area (Å²) in [6.07, 6.45) is 3.65. The molecule has 0 spiro atoms. The molecule has 1 heterocycles. The predicted octanol–water partition coefficient (Wildman–Crippen LogP) is 4.84. The van der Waals surface area contributed by atoms with Gasteiger partial charge in [-0.3, -0.25) is 9.78 Å². The van der Waals surface area contributed by atoms with Crippen molar-refractivity contribution in [3.63, 3.8) is 0 Å². The SMILES string of the molecule is C=Cc1c(C)cccc1CN(C(C)=O)C(C)(C)CN(C)c1cnc2ccccc2n1. The summed E-state index contributed by atoms with van der Waals surface area (Å²) in [5, 5.41) is 0. The number of anilines is 1. The number of fused-ring (bicyclic) bond motifs is 1. The van der Waals surface area contributed by atoms with Gasteiger partial charge in [0.05, 0.1) is 22.8 Å². The molecule has 5 nitrogen and oxygen atoms in total. The highest BCUT2D eigenvalue weighted by Crippen LogP contribution is 2.25. The summed E-state index contributed by atoms with van der Waals surface area (Å²) in [5.74, 6) is 0.821. The number of hydrogen-bond acceptors (Lipinski definition) is 4. The van der Waals surface area contributed by atoms with E-state index in [9.17, 15) is 4.79 Å². The summed E-state index contributed by atoms with van der Waals surface area (Å²) >= 11 is 0. The van der Waals surface area contributed by atoms with Crippen molar-refractivity contribution >= 4 is 28.8 Å². The second kappa shape index (κ2) is 8.66. The summed E-state index contributed by atoms with van der Waals surface area (Å²) in [6, 6.07) is 14.0. The zero-order valence-electron chi connectivity index (χ0n) is 18.5. The smallest absolute Gasteiger partial charge is 0.220 e. The second-order valence-corrected chi connectivity index (χ2v) is 8.34. The molecule has 0 atom stereocenters. The number of likely N-dealkylation sites (N-methyl/N-ethyl adjacent to an activating group) is 1. The lowest BCUT2D eigenvalue weighted by Crippen LogP contribution is -2.52. The number of carbonyl (C=O) groups is 1. The van der Waals surface area contributed by atoms with E-state index < -0.39 is 5.54 Å². The molecule has 5 heteroatoms. The zero-order chi connectivity index (χ0) is 21.9. The van der Waals surface area contributed by atoms with Gasteiger partial charge in [0.25, 0.3) is 0 Å². The van der Waals surface area contributed by atoms with Gasteiger partial charge >= 0.3 is 0 Å². The summed E-state index contributed by atoms with van der Waals surface area (Å²) in [7, 11) is 1.99. The maximum Gasteiger partial charge on any atom is 0.220 e. The number of benzene rings is 2. The standard InChI is InChI=1S/C25H30N4O/c1-7-21-18(2)11-10-12-20(21)16-29(19(3)30)25(4,5)17-28(6)24-15-26-22-13-8-9-14-23(22)27-24/h7-15H,1,16-17H2,2-6H3. The van der Waals surface area contributed by atoms with Crippen LogP contribution in [0.1, 0.15) is 37.5 Å². The van der Waals surface area contributed by atoms with Crippen molar-refractivity contribution in [2.45, 2.75) is 39.8 Å². The Morgan fingerprint density at radius 1 is 1.13 bits per heavy atom. The molecule has 3 aromatic rings. The largest absolute Gasteiger partial charge is 0.356 e. The lowest BCUT2D eigenvalue weighted by molar-refractivity contribution is -0.134. The Balaban J connectivity index is 1.85. The van der Waals surface area contributed by atoms with Crippen molar-refractivity contribution in [2.75, 3.05) is 18.5 Å². The Hall–Kier alpha value is -3.21. The second-order valence-electron chi connectivity index (χ2n) is 8.34. The van der Waals surface area contributed by atoms with Gasteiger partial charge in [0, 0.05) is 27.1 Å². The van der Waals surface area contributed by atoms with Gasteiger partial charge in [-0.1, -0.05) is 43.0 Å². The number of amides is 1. The van der Waals surface area contributed by atoms with Crippen LogP contribution in [0, 0.1) is 6.92 Å². The van der Waals surface area contributed by atoms with Crippen molar-refractivity contribution in [1.29, 1.82) is 0 Å². The fourth-order valence-electron chi connectivity index (χ4n) is 3.97. The van der Waals surface area contributed by atoms with Gasteiger partial charge in [-0.25, -0.2) is 4.98 Å². The van der Waals surface area contributed by atoms with Crippen LogP contribution >= 0.6 is 0 Å². The summed E-state index contributed by atoms with van der Waals surface area (Å²) < 4.78 is 0. The van der Waals surface area contributed by atoms with Gasteiger partial charge in [0.1, 0.15) is 5.82 Å². The minimum Gasteiger partial charge on any atom is -0.356 e. The molecule has 30 heavy (non-hydrogen) atoms. The normalized spacial score (nSPS) is 11.4. The van der Waals surface area contributed by atoms with Gasteiger partial charge in [-0.2, -0.15) is 0 Å². The maximum atomic E-state index is 12.6. The number of hydrogen-bond donors (Lipinski definition) is 0. The third kappa shape index (κ3) is 4.51. The Morgan fingerprint density at radius 2 is 1.83 bits per heavy atom. The van der Waals surface area contributed by atoms with Crippen LogP contribution in [0.3, 0.4) is 0 Å². The molecule has 1 amide bonds. The third-order valence-corrected chi connectivity index (χ3v) is 5.51. The van der Waals surface area contributed by atoms with Gasteiger partial charge < -0.3 is 9.80 Å². The van der Waals surface area contributed by atoms with E-state index in [0.717, 1.165) is 33.5 Å². The van der Waals surface area contributed by atoms with E-state index in [2.05, 4.69) is 49.4 Å². The van der Waals surface area contributed by atoms with Crippen LogP contribution in [-0.4, -0.2) is 39.9 Å². The topological polar surface area (TPSA) is 49.3 Å². The molecule has 0 aliphatic heterocycles. The quantitative estimate of drug-likeness (QED) is 0.567. The summed E-state index contributed by atoms with van der Waals surface area (Å²) in [5.41, 5.74) is 4.66. The van der Waals surface area contributed by atoms with E-state index in [-0.39, 0.29) is 5.91 Å². The fourth-order valence-corrected chi connectivity index (χ4v) is 3.97. The highest BCUT2D eigenvalue weighted by atomic mass is 16.2. The molecule has 156 valence electrons. The predicted molar refractivity (Wildman–Crippen MR) is 124 cm³/mol. The van der Waals surface area contributed by atoms with Crippen LogP contribution in [0.5, 0.6) is 0 Å². The summed E-state index contributed by atoms with van der Waals surface area (Å²) in [4.78, 5) is 25.8. The molecular weight excluding hydrogens is 372 g/mol. The van der Waals surface area contributed by atoms with Gasteiger partial charge in [0.15, 0.2) is 0 Å². The Labute approximate surface area is 179 Å². The van der Waals surface area contributed by atoms with E-state index in [1.165, 1.54) is 0 Å². The molecule has 0 aliphatic carbocycles. The van der Waals surface area contributed by atoms with E-state index >= 15 is 0 Å². The Bertz CT molecular complexity index is 1070. The van der Waals surface area contributed by atoms with E-state index in [1.807, 2.05) is 48.4 Å². The van der Waals surface area contributed by atoms with Crippen molar-refractivity contribution < 1.29 is 4.79 Å². The molecular formula is C25H30N4O. The molecule has 0 aliphatic rings.